The van der Waals surface area contributed by atoms with Gasteiger partial charge in [0.25, 0.3) is 0 Å². The van der Waals surface area contributed by atoms with Crippen molar-refractivity contribution in [3.05, 3.63) is 30.1 Å². The highest BCUT2D eigenvalue weighted by atomic mass is 16.5. The summed E-state index contributed by atoms with van der Waals surface area (Å²) < 4.78 is 5.81. The number of likely N-dealkylation sites (tertiary alicyclic amines) is 1. The van der Waals surface area contributed by atoms with Gasteiger partial charge in [-0.05, 0) is 24.5 Å². The molecular weight excluding hydrogens is 290 g/mol. The molecule has 2 fully saturated rings. The third-order valence-corrected chi connectivity index (χ3v) is 4.97. The van der Waals surface area contributed by atoms with Gasteiger partial charge in [0.2, 0.25) is 5.91 Å². The Hall–Kier alpha value is -1.46. The van der Waals surface area contributed by atoms with Crippen LogP contribution in [-0.4, -0.2) is 59.6 Å². The Morgan fingerprint density at radius 1 is 1.43 bits per heavy atom. The lowest BCUT2D eigenvalue weighted by molar-refractivity contribution is -0.134. The van der Waals surface area contributed by atoms with Crippen molar-refractivity contribution in [2.45, 2.75) is 38.8 Å². The lowest BCUT2D eigenvalue weighted by atomic mass is 9.90. The van der Waals surface area contributed by atoms with Crippen LogP contribution in [0.5, 0.6) is 0 Å². The van der Waals surface area contributed by atoms with E-state index in [-0.39, 0.29) is 0 Å². The Balaban J connectivity index is 1.71. The topological polar surface area (TPSA) is 45.7 Å². The van der Waals surface area contributed by atoms with E-state index < -0.39 is 0 Å². The number of rotatable bonds is 4. The number of piperidine rings is 1. The molecule has 1 aromatic rings. The van der Waals surface area contributed by atoms with Crippen LogP contribution in [0.4, 0.5) is 0 Å². The molecule has 0 N–H and O–H groups in total. The fraction of sp³-hybridized carbons (Fsp3) is 0.667. The molecule has 1 aromatic heterocycles. The predicted molar refractivity (Wildman–Crippen MR) is 88.8 cm³/mol. The van der Waals surface area contributed by atoms with Crippen molar-refractivity contribution >= 4 is 5.91 Å². The number of pyridine rings is 1. The van der Waals surface area contributed by atoms with Crippen LogP contribution < -0.4 is 0 Å². The van der Waals surface area contributed by atoms with E-state index in [1.54, 1.807) is 0 Å². The van der Waals surface area contributed by atoms with E-state index in [9.17, 15) is 4.79 Å². The summed E-state index contributed by atoms with van der Waals surface area (Å²) in [6.45, 7) is 7.19. The van der Waals surface area contributed by atoms with Crippen molar-refractivity contribution in [1.82, 2.24) is 14.8 Å². The van der Waals surface area contributed by atoms with Crippen LogP contribution in [0.3, 0.4) is 0 Å². The number of aromatic nitrogens is 1. The lowest BCUT2D eigenvalue weighted by Crippen LogP contribution is -2.54. The Kier molecular flexibility index (Phi) is 5.62. The van der Waals surface area contributed by atoms with Crippen LogP contribution in [0, 0.1) is 5.92 Å². The first kappa shape index (κ1) is 16.4. The minimum atomic E-state index is 0.303. The molecule has 0 bridgehead atoms. The summed E-state index contributed by atoms with van der Waals surface area (Å²) in [4.78, 5) is 21.1. The molecule has 3 heterocycles. The monoisotopic (exact) mass is 317 g/mol. The first-order valence-corrected chi connectivity index (χ1v) is 8.76. The first-order chi connectivity index (χ1) is 11.3. The number of hydrogen-bond acceptors (Lipinski definition) is 4. The highest BCUT2D eigenvalue weighted by molar-refractivity contribution is 5.76. The second-order valence-electron chi connectivity index (χ2n) is 6.61. The van der Waals surface area contributed by atoms with Crippen molar-refractivity contribution in [3.63, 3.8) is 0 Å². The Morgan fingerprint density at radius 2 is 2.35 bits per heavy atom. The van der Waals surface area contributed by atoms with Crippen LogP contribution in [0.15, 0.2) is 24.5 Å². The van der Waals surface area contributed by atoms with E-state index in [1.807, 2.05) is 18.5 Å². The summed E-state index contributed by atoms with van der Waals surface area (Å²) >= 11 is 0. The Bertz CT molecular complexity index is 508. The van der Waals surface area contributed by atoms with E-state index in [4.69, 9.17) is 4.74 Å². The molecule has 0 radical (unpaired) electrons. The lowest BCUT2D eigenvalue weighted by Gasteiger charge is -2.42. The fourth-order valence-electron chi connectivity index (χ4n) is 3.69. The molecule has 0 unspecified atom stereocenters. The maximum absolute atomic E-state index is 12.3. The Morgan fingerprint density at radius 3 is 3.13 bits per heavy atom. The third kappa shape index (κ3) is 4.09. The molecule has 5 nitrogen and oxygen atoms in total. The van der Waals surface area contributed by atoms with Gasteiger partial charge < -0.3 is 9.64 Å². The molecule has 0 aromatic carbocycles. The largest absolute Gasteiger partial charge is 0.380 e. The zero-order chi connectivity index (χ0) is 16.1. The van der Waals surface area contributed by atoms with Crippen LogP contribution in [0.1, 0.15) is 31.7 Å². The standard InChI is InChI=1S/C18H27N3O2/c1-2-4-18(22)21-8-6-16-14-23-10-9-20(17(16)13-21)12-15-5-3-7-19-11-15/h3,5,7,11,16-17H,2,4,6,8-10,12-14H2,1H3/t16-,17-/m1/s1. The van der Waals surface area contributed by atoms with Gasteiger partial charge in [0, 0.05) is 57.0 Å². The summed E-state index contributed by atoms with van der Waals surface area (Å²) in [6, 6.07) is 4.50. The molecule has 5 heteroatoms. The molecule has 126 valence electrons. The maximum Gasteiger partial charge on any atom is 0.222 e. The molecule has 0 spiro atoms. The fourth-order valence-corrected chi connectivity index (χ4v) is 3.69. The summed E-state index contributed by atoms with van der Waals surface area (Å²) in [5, 5.41) is 0. The molecule has 2 atom stereocenters. The molecule has 0 saturated carbocycles. The van der Waals surface area contributed by atoms with E-state index in [0.29, 0.717) is 24.3 Å². The molecule has 2 aliphatic heterocycles. The van der Waals surface area contributed by atoms with Gasteiger partial charge >= 0.3 is 0 Å². The number of nitrogens with zero attached hydrogens (tertiary/aromatic N) is 3. The van der Waals surface area contributed by atoms with Crippen molar-refractivity contribution in [2.24, 2.45) is 5.92 Å². The van der Waals surface area contributed by atoms with Crippen LogP contribution in [-0.2, 0) is 16.1 Å². The zero-order valence-electron chi connectivity index (χ0n) is 14.0. The average molecular weight is 317 g/mol. The van der Waals surface area contributed by atoms with Gasteiger partial charge in [0.15, 0.2) is 0 Å². The molecule has 1 amide bonds. The van der Waals surface area contributed by atoms with E-state index in [2.05, 4.69) is 27.8 Å². The number of ether oxygens (including phenoxy) is 1. The Labute approximate surface area is 138 Å². The number of amides is 1. The van der Waals surface area contributed by atoms with Crippen LogP contribution in [0.25, 0.3) is 0 Å². The van der Waals surface area contributed by atoms with Crippen molar-refractivity contribution in [1.29, 1.82) is 0 Å². The summed E-state index contributed by atoms with van der Waals surface area (Å²) in [6.07, 6.45) is 6.37. The van der Waals surface area contributed by atoms with Crippen LogP contribution in [0.2, 0.25) is 0 Å². The van der Waals surface area contributed by atoms with Gasteiger partial charge in [0.1, 0.15) is 0 Å². The van der Waals surface area contributed by atoms with E-state index >= 15 is 0 Å². The molecular formula is C18H27N3O2. The highest BCUT2D eigenvalue weighted by Crippen LogP contribution is 2.26. The van der Waals surface area contributed by atoms with Crippen molar-refractivity contribution in [2.75, 3.05) is 32.8 Å². The predicted octanol–water partition coefficient (Wildman–Crippen LogP) is 1.93. The maximum atomic E-state index is 12.3. The van der Waals surface area contributed by atoms with E-state index in [1.165, 1.54) is 5.56 Å². The van der Waals surface area contributed by atoms with Crippen molar-refractivity contribution < 1.29 is 9.53 Å². The minimum absolute atomic E-state index is 0.303. The second kappa shape index (κ2) is 7.88. The van der Waals surface area contributed by atoms with Crippen molar-refractivity contribution in [3.8, 4) is 0 Å². The van der Waals surface area contributed by atoms with Gasteiger partial charge in [-0.2, -0.15) is 0 Å². The highest BCUT2D eigenvalue weighted by Gasteiger charge is 2.36. The number of carbonyl (C=O) groups excluding carboxylic acids is 1. The smallest absolute Gasteiger partial charge is 0.222 e. The SMILES string of the molecule is CCCC(=O)N1CC[C@@H]2COCCN(Cc3cccnc3)[C@@H]2C1. The van der Waals surface area contributed by atoms with Gasteiger partial charge in [-0.25, -0.2) is 0 Å². The number of carbonyl (C=O) groups is 1. The third-order valence-electron chi connectivity index (χ3n) is 4.97. The molecule has 3 rings (SSSR count). The second-order valence-corrected chi connectivity index (χ2v) is 6.61. The van der Waals surface area contributed by atoms with Gasteiger partial charge in [0.05, 0.1) is 13.2 Å². The summed E-state index contributed by atoms with van der Waals surface area (Å²) in [5.74, 6) is 0.831. The zero-order valence-corrected chi connectivity index (χ0v) is 14.0. The number of fused-ring (bicyclic) bond motifs is 1. The number of hydrogen-bond donors (Lipinski definition) is 0. The normalized spacial score (nSPS) is 25.7. The minimum Gasteiger partial charge on any atom is -0.380 e. The summed E-state index contributed by atoms with van der Waals surface area (Å²) in [5.41, 5.74) is 1.23. The van der Waals surface area contributed by atoms with Gasteiger partial charge in [-0.3, -0.25) is 14.7 Å². The van der Waals surface area contributed by atoms with E-state index in [0.717, 1.165) is 52.2 Å². The molecule has 23 heavy (non-hydrogen) atoms. The van der Waals surface area contributed by atoms with Gasteiger partial charge in [-0.1, -0.05) is 13.0 Å². The molecule has 0 aliphatic carbocycles. The van der Waals surface area contributed by atoms with Gasteiger partial charge in [-0.15, -0.1) is 0 Å². The average Bonchev–Trinajstić information content (AvgIpc) is 2.78. The molecule has 2 aliphatic rings. The quantitative estimate of drug-likeness (QED) is 0.851. The molecule has 2 saturated heterocycles. The first-order valence-electron chi connectivity index (χ1n) is 8.76. The van der Waals surface area contributed by atoms with Crippen LogP contribution >= 0.6 is 0 Å². The summed E-state index contributed by atoms with van der Waals surface area (Å²) in [7, 11) is 0.